The molecule has 0 aliphatic carbocycles. The summed E-state index contributed by atoms with van der Waals surface area (Å²) in [4.78, 5) is 50.4. The molecular formula is C26H34N4O7. The number of carbonyl (C=O) groups excluding carboxylic acids is 3. The summed E-state index contributed by atoms with van der Waals surface area (Å²) in [7, 11) is 0. The lowest BCUT2D eigenvalue weighted by Gasteiger charge is -2.27. The maximum absolute atomic E-state index is 13.2. The second kappa shape index (κ2) is 14.1. The van der Waals surface area contributed by atoms with Crippen LogP contribution in [0.1, 0.15) is 25.0 Å². The van der Waals surface area contributed by atoms with Crippen LogP contribution in [0.3, 0.4) is 0 Å². The predicted octanol–water partition coefficient (Wildman–Crippen LogP) is -0.900. The van der Waals surface area contributed by atoms with Crippen LogP contribution >= 0.6 is 0 Å². The van der Waals surface area contributed by atoms with Crippen molar-refractivity contribution in [3.05, 3.63) is 71.8 Å². The number of carbonyl (C=O) groups is 4. The molecule has 0 saturated heterocycles. The normalized spacial score (nSPS) is 15.8. The zero-order valence-corrected chi connectivity index (χ0v) is 20.7. The van der Waals surface area contributed by atoms with Gasteiger partial charge in [-0.2, -0.15) is 0 Å². The Labute approximate surface area is 215 Å². The lowest BCUT2D eigenvalue weighted by molar-refractivity contribution is -0.142. The molecule has 11 nitrogen and oxygen atoms in total. The highest BCUT2D eigenvalue weighted by atomic mass is 16.4. The van der Waals surface area contributed by atoms with Crippen LogP contribution in [-0.2, 0) is 32.0 Å². The monoisotopic (exact) mass is 514 g/mol. The van der Waals surface area contributed by atoms with E-state index >= 15 is 0 Å². The van der Waals surface area contributed by atoms with Crippen LogP contribution in [0.5, 0.6) is 0 Å². The Balaban J connectivity index is 2.23. The summed E-state index contributed by atoms with van der Waals surface area (Å²) in [6.45, 7) is 2.57. The third-order valence-corrected chi connectivity index (χ3v) is 5.70. The highest BCUT2D eigenvalue weighted by Crippen LogP contribution is 2.08. The molecular weight excluding hydrogens is 480 g/mol. The minimum absolute atomic E-state index is 0.0176. The number of amides is 3. The van der Waals surface area contributed by atoms with Crippen LogP contribution in [0.4, 0.5) is 0 Å². The van der Waals surface area contributed by atoms with Gasteiger partial charge in [-0.15, -0.1) is 0 Å². The van der Waals surface area contributed by atoms with Gasteiger partial charge in [-0.1, -0.05) is 60.7 Å². The van der Waals surface area contributed by atoms with Gasteiger partial charge < -0.3 is 37.0 Å². The molecule has 8 N–H and O–H groups in total. The Kier molecular flexibility index (Phi) is 11.2. The van der Waals surface area contributed by atoms with Crippen molar-refractivity contribution < 1.29 is 34.5 Å². The zero-order chi connectivity index (χ0) is 27.5. The summed E-state index contributed by atoms with van der Waals surface area (Å²) < 4.78 is 0. The molecule has 0 saturated carbocycles. The van der Waals surface area contributed by atoms with Gasteiger partial charge in [0.1, 0.15) is 24.2 Å². The van der Waals surface area contributed by atoms with Gasteiger partial charge in [-0.05, 0) is 25.0 Å². The third-order valence-electron chi connectivity index (χ3n) is 5.70. The van der Waals surface area contributed by atoms with Gasteiger partial charge in [0, 0.05) is 12.8 Å². The molecule has 0 fully saturated rings. The summed E-state index contributed by atoms with van der Waals surface area (Å²) in [6.07, 6.45) is -2.52. The van der Waals surface area contributed by atoms with Gasteiger partial charge >= 0.3 is 5.97 Å². The molecule has 0 heterocycles. The maximum atomic E-state index is 13.2. The SMILES string of the molecule is CC(O)C(N)C(=O)NC(C(=O)NC(Cc1ccccc1)C(=O)NC(Cc1ccccc1)C(=O)O)C(C)O. The van der Waals surface area contributed by atoms with E-state index in [1.54, 1.807) is 60.7 Å². The van der Waals surface area contributed by atoms with E-state index in [9.17, 15) is 34.5 Å². The number of nitrogens with one attached hydrogen (secondary N) is 3. The fourth-order valence-electron chi connectivity index (χ4n) is 3.52. The number of rotatable bonds is 13. The standard InChI is InChI=1S/C26H34N4O7/c1-15(31)21(27)24(34)30-22(16(2)32)25(35)28-19(13-17-9-5-3-6-10-17)23(33)29-20(26(36)37)14-18-11-7-4-8-12-18/h3-12,15-16,19-22,31-32H,13-14,27H2,1-2H3,(H,28,35)(H,29,33)(H,30,34)(H,36,37). The van der Waals surface area contributed by atoms with Gasteiger partial charge in [-0.3, -0.25) is 14.4 Å². The molecule has 2 rings (SSSR count). The first-order valence-corrected chi connectivity index (χ1v) is 11.8. The van der Waals surface area contributed by atoms with Crippen molar-refractivity contribution in [2.45, 2.75) is 63.1 Å². The molecule has 2 aromatic rings. The molecule has 0 bridgehead atoms. The molecule has 0 aliphatic heterocycles. The summed E-state index contributed by atoms with van der Waals surface area (Å²) >= 11 is 0. The van der Waals surface area contributed by atoms with Crippen molar-refractivity contribution in [2.75, 3.05) is 0 Å². The Bertz CT molecular complexity index is 1050. The minimum Gasteiger partial charge on any atom is -0.480 e. The van der Waals surface area contributed by atoms with Crippen LogP contribution in [0.2, 0.25) is 0 Å². The van der Waals surface area contributed by atoms with Crippen molar-refractivity contribution in [3.63, 3.8) is 0 Å². The number of hydrogen-bond donors (Lipinski definition) is 7. The van der Waals surface area contributed by atoms with E-state index in [-0.39, 0.29) is 12.8 Å². The number of aliphatic carboxylic acids is 1. The number of aliphatic hydroxyl groups excluding tert-OH is 2. The first kappa shape index (κ1) is 29.4. The van der Waals surface area contributed by atoms with E-state index in [2.05, 4.69) is 16.0 Å². The first-order chi connectivity index (χ1) is 17.5. The number of carboxylic acids is 1. The van der Waals surface area contributed by atoms with E-state index in [1.165, 1.54) is 13.8 Å². The highest BCUT2D eigenvalue weighted by molar-refractivity contribution is 5.94. The molecule has 3 amide bonds. The quantitative estimate of drug-likeness (QED) is 0.179. The zero-order valence-electron chi connectivity index (χ0n) is 20.7. The van der Waals surface area contributed by atoms with Gasteiger partial charge in [0.25, 0.3) is 0 Å². The average Bonchev–Trinajstić information content (AvgIpc) is 2.86. The molecule has 0 spiro atoms. The average molecular weight is 515 g/mol. The van der Waals surface area contributed by atoms with Crippen molar-refractivity contribution >= 4 is 23.7 Å². The van der Waals surface area contributed by atoms with E-state index in [0.717, 1.165) is 0 Å². The molecule has 6 unspecified atom stereocenters. The van der Waals surface area contributed by atoms with E-state index in [4.69, 9.17) is 5.73 Å². The van der Waals surface area contributed by atoms with Crippen molar-refractivity contribution in [1.82, 2.24) is 16.0 Å². The molecule has 6 atom stereocenters. The summed E-state index contributed by atoms with van der Waals surface area (Å²) in [5, 5.41) is 36.6. The number of aliphatic hydroxyl groups is 2. The first-order valence-electron chi connectivity index (χ1n) is 11.8. The molecule has 0 aliphatic rings. The molecule has 37 heavy (non-hydrogen) atoms. The lowest BCUT2D eigenvalue weighted by Crippen LogP contribution is -2.61. The predicted molar refractivity (Wildman–Crippen MR) is 135 cm³/mol. The van der Waals surface area contributed by atoms with Gasteiger partial charge in [0.05, 0.1) is 12.2 Å². The minimum atomic E-state index is -1.48. The Morgan fingerprint density at radius 2 is 1.16 bits per heavy atom. The topological polar surface area (TPSA) is 191 Å². The summed E-state index contributed by atoms with van der Waals surface area (Å²) in [5.41, 5.74) is 7.00. The highest BCUT2D eigenvalue weighted by Gasteiger charge is 2.33. The molecule has 11 heteroatoms. The van der Waals surface area contributed by atoms with Crippen LogP contribution in [0.15, 0.2) is 60.7 Å². The van der Waals surface area contributed by atoms with Gasteiger partial charge in [0.2, 0.25) is 17.7 Å². The largest absolute Gasteiger partial charge is 0.480 e. The second-order valence-electron chi connectivity index (χ2n) is 8.83. The molecule has 0 radical (unpaired) electrons. The molecule has 0 aromatic heterocycles. The second-order valence-corrected chi connectivity index (χ2v) is 8.83. The van der Waals surface area contributed by atoms with Crippen LogP contribution in [0, 0.1) is 0 Å². The number of benzene rings is 2. The van der Waals surface area contributed by atoms with Gasteiger partial charge in [0.15, 0.2) is 0 Å². The van der Waals surface area contributed by atoms with Crippen LogP contribution in [-0.4, -0.2) is 75.4 Å². The van der Waals surface area contributed by atoms with Crippen molar-refractivity contribution in [2.24, 2.45) is 5.73 Å². The third kappa shape index (κ3) is 9.30. The van der Waals surface area contributed by atoms with E-state index in [1.807, 2.05) is 0 Å². The number of nitrogens with two attached hydrogens (primary N) is 1. The number of carboxylic acid groups (broad SMARTS) is 1. The number of hydrogen-bond acceptors (Lipinski definition) is 7. The van der Waals surface area contributed by atoms with Crippen LogP contribution < -0.4 is 21.7 Å². The van der Waals surface area contributed by atoms with E-state index in [0.29, 0.717) is 11.1 Å². The molecule has 2 aromatic carbocycles. The van der Waals surface area contributed by atoms with Crippen LogP contribution in [0.25, 0.3) is 0 Å². The lowest BCUT2D eigenvalue weighted by atomic mass is 10.0. The molecule has 200 valence electrons. The van der Waals surface area contributed by atoms with Crippen molar-refractivity contribution in [1.29, 1.82) is 0 Å². The smallest absolute Gasteiger partial charge is 0.326 e. The summed E-state index contributed by atoms with van der Waals surface area (Å²) in [5.74, 6) is -3.75. The van der Waals surface area contributed by atoms with Gasteiger partial charge in [-0.25, -0.2) is 4.79 Å². The Morgan fingerprint density at radius 1 is 0.703 bits per heavy atom. The summed E-state index contributed by atoms with van der Waals surface area (Å²) in [6, 6.07) is 12.2. The maximum Gasteiger partial charge on any atom is 0.326 e. The van der Waals surface area contributed by atoms with E-state index < -0.39 is 60.1 Å². The fraction of sp³-hybridized carbons (Fsp3) is 0.385. The Hall–Kier alpha value is -3.80. The fourth-order valence-corrected chi connectivity index (χ4v) is 3.52. The Morgan fingerprint density at radius 3 is 1.59 bits per heavy atom. The van der Waals surface area contributed by atoms with Crippen molar-refractivity contribution in [3.8, 4) is 0 Å².